The van der Waals surface area contributed by atoms with Gasteiger partial charge < -0.3 is 15.4 Å². The van der Waals surface area contributed by atoms with E-state index in [9.17, 15) is 14.6 Å². The van der Waals surface area contributed by atoms with Gasteiger partial charge in [0.25, 0.3) is 0 Å². The minimum absolute atomic E-state index is 0.0660. The van der Waals surface area contributed by atoms with Crippen molar-refractivity contribution >= 4 is 18.7 Å². The molecule has 0 bridgehead atoms. The van der Waals surface area contributed by atoms with Crippen LogP contribution in [0.3, 0.4) is 0 Å². The Labute approximate surface area is 145 Å². The van der Waals surface area contributed by atoms with E-state index >= 15 is 0 Å². The van der Waals surface area contributed by atoms with E-state index in [2.05, 4.69) is 10.3 Å². The summed E-state index contributed by atoms with van der Waals surface area (Å²) in [5, 5.41) is 17.9. The van der Waals surface area contributed by atoms with Crippen molar-refractivity contribution in [3.8, 4) is 5.75 Å². The highest BCUT2D eigenvalue weighted by molar-refractivity contribution is 6.47. The van der Waals surface area contributed by atoms with Gasteiger partial charge in [-0.25, -0.2) is 4.68 Å². The van der Waals surface area contributed by atoms with E-state index in [1.54, 1.807) is 18.3 Å². The van der Waals surface area contributed by atoms with Gasteiger partial charge in [0.05, 0.1) is 17.5 Å². The first-order valence-electron chi connectivity index (χ1n) is 8.06. The zero-order valence-corrected chi connectivity index (χ0v) is 13.9. The van der Waals surface area contributed by atoms with Gasteiger partial charge in [-0.2, -0.15) is 0 Å². The standard InChI is InChI=1S/C16H19BN4O4/c1-10(22)15-4-2-3-11-5-12(17(24)25-16(11)15)6-14(23)9-21-8-13(7-18)19-20-21/h2-4,8,12,24H,5-7,9,18H2,1H3/t12-/m1/s1. The van der Waals surface area contributed by atoms with Crippen LogP contribution >= 0.6 is 0 Å². The van der Waals surface area contributed by atoms with Gasteiger partial charge in [0.2, 0.25) is 0 Å². The van der Waals surface area contributed by atoms with Crippen molar-refractivity contribution in [1.82, 2.24) is 15.0 Å². The molecule has 0 spiro atoms. The van der Waals surface area contributed by atoms with Gasteiger partial charge in [-0.05, 0) is 25.0 Å². The summed E-state index contributed by atoms with van der Waals surface area (Å²) >= 11 is 0. The monoisotopic (exact) mass is 342 g/mol. The molecule has 9 heteroatoms. The smallest absolute Gasteiger partial charge is 0.526 e. The highest BCUT2D eigenvalue weighted by atomic mass is 16.5. The maximum absolute atomic E-state index is 12.3. The van der Waals surface area contributed by atoms with Crippen LogP contribution in [0.1, 0.15) is 35.0 Å². The molecule has 0 fully saturated rings. The molecule has 3 rings (SSSR count). The second-order valence-electron chi connectivity index (χ2n) is 6.18. The first-order valence-corrected chi connectivity index (χ1v) is 8.06. The largest absolute Gasteiger partial charge is 0.535 e. The van der Waals surface area contributed by atoms with Crippen LogP contribution in [0.5, 0.6) is 5.75 Å². The number of hydrogen-bond acceptors (Lipinski definition) is 7. The van der Waals surface area contributed by atoms with Crippen molar-refractivity contribution in [3.63, 3.8) is 0 Å². The molecule has 25 heavy (non-hydrogen) atoms. The molecule has 0 aliphatic carbocycles. The molecule has 0 radical (unpaired) electrons. The first-order chi connectivity index (χ1) is 12.0. The van der Waals surface area contributed by atoms with Crippen LogP contribution in [0, 0.1) is 0 Å². The van der Waals surface area contributed by atoms with E-state index in [4.69, 9.17) is 10.4 Å². The summed E-state index contributed by atoms with van der Waals surface area (Å²) in [4.78, 5) is 23.9. The topological polar surface area (TPSA) is 120 Å². The molecule has 0 saturated heterocycles. The Bertz CT molecular complexity index is 807. The molecule has 0 saturated carbocycles. The van der Waals surface area contributed by atoms with Gasteiger partial charge in [0.15, 0.2) is 11.6 Å². The second-order valence-corrected chi connectivity index (χ2v) is 6.18. The third kappa shape index (κ3) is 3.77. The Morgan fingerprint density at radius 2 is 2.28 bits per heavy atom. The third-order valence-corrected chi connectivity index (χ3v) is 4.22. The van der Waals surface area contributed by atoms with Crippen molar-refractivity contribution in [1.29, 1.82) is 0 Å². The fourth-order valence-corrected chi connectivity index (χ4v) is 2.98. The zero-order chi connectivity index (χ0) is 18.0. The van der Waals surface area contributed by atoms with Gasteiger partial charge in [0, 0.05) is 18.8 Å². The Kier molecular flexibility index (Phi) is 4.96. The summed E-state index contributed by atoms with van der Waals surface area (Å²) in [7, 11) is -1.13. The number of aromatic nitrogens is 3. The number of rotatable bonds is 6. The molecular weight excluding hydrogens is 323 g/mol. The maximum atomic E-state index is 12.3. The first kappa shape index (κ1) is 17.3. The Morgan fingerprint density at radius 1 is 1.48 bits per heavy atom. The van der Waals surface area contributed by atoms with Crippen molar-refractivity contribution in [2.24, 2.45) is 5.73 Å². The number of para-hydroxylation sites is 1. The molecule has 0 unspecified atom stereocenters. The average Bonchev–Trinajstić information content (AvgIpc) is 3.02. The number of benzene rings is 1. The van der Waals surface area contributed by atoms with E-state index in [-0.39, 0.29) is 36.9 Å². The van der Waals surface area contributed by atoms with Gasteiger partial charge in [-0.1, -0.05) is 17.3 Å². The summed E-state index contributed by atoms with van der Waals surface area (Å²) in [6.07, 6.45) is 2.23. The fourth-order valence-electron chi connectivity index (χ4n) is 2.98. The molecule has 3 N–H and O–H groups in total. The summed E-state index contributed by atoms with van der Waals surface area (Å²) in [6.45, 7) is 1.78. The van der Waals surface area contributed by atoms with Crippen LogP contribution in [0.2, 0.25) is 5.82 Å². The van der Waals surface area contributed by atoms with Crippen molar-refractivity contribution in [3.05, 3.63) is 41.2 Å². The maximum Gasteiger partial charge on any atom is 0.526 e. The van der Waals surface area contributed by atoms with Crippen molar-refractivity contribution in [2.45, 2.75) is 38.7 Å². The number of nitrogens with two attached hydrogens (primary N) is 1. The minimum atomic E-state index is -1.13. The van der Waals surface area contributed by atoms with Crippen LogP contribution in [0.4, 0.5) is 0 Å². The number of nitrogens with zero attached hydrogens (tertiary/aromatic N) is 3. The van der Waals surface area contributed by atoms with Crippen LogP contribution in [-0.2, 0) is 24.3 Å². The van der Waals surface area contributed by atoms with Crippen LogP contribution in [-0.4, -0.2) is 38.7 Å². The molecule has 1 aromatic heterocycles. The van der Waals surface area contributed by atoms with E-state index < -0.39 is 7.12 Å². The van der Waals surface area contributed by atoms with Gasteiger partial charge in [0.1, 0.15) is 12.3 Å². The van der Waals surface area contributed by atoms with Crippen molar-refractivity contribution in [2.75, 3.05) is 0 Å². The zero-order valence-electron chi connectivity index (χ0n) is 13.9. The lowest BCUT2D eigenvalue weighted by Crippen LogP contribution is -2.36. The van der Waals surface area contributed by atoms with Crippen LogP contribution in [0.15, 0.2) is 24.4 Å². The number of carbonyl (C=O) groups is 2. The molecule has 2 heterocycles. The predicted molar refractivity (Wildman–Crippen MR) is 90.0 cm³/mol. The van der Waals surface area contributed by atoms with Gasteiger partial charge in [-0.15, -0.1) is 5.10 Å². The lowest BCUT2D eigenvalue weighted by molar-refractivity contribution is -0.120. The molecule has 0 amide bonds. The number of hydrogen-bond donors (Lipinski definition) is 2. The normalized spacial score (nSPS) is 16.3. The molecule has 1 aliphatic rings. The SMILES string of the molecule is CC(=O)c1cccc2c1OB(O)[C@@H](CC(=O)Cn1cc(CN)nn1)C2. The molecule has 8 nitrogen and oxygen atoms in total. The number of carbonyl (C=O) groups excluding carboxylic acids is 2. The average molecular weight is 342 g/mol. The summed E-state index contributed by atoms with van der Waals surface area (Å²) in [6, 6.07) is 5.29. The van der Waals surface area contributed by atoms with E-state index in [0.29, 0.717) is 23.4 Å². The Morgan fingerprint density at radius 3 is 2.96 bits per heavy atom. The Balaban J connectivity index is 1.68. The number of fused-ring (bicyclic) bond motifs is 1. The number of Topliss-reactive ketones (excluding diaryl/α,β-unsaturated/α-hetero) is 2. The highest BCUT2D eigenvalue weighted by Gasteiger charge is 2.37. The minimum Gasteiger partial charge on any atom is -0.535 e. The molecule has 1 aromatic carbocycles. The summed E-state index contributed by atoms with van der Waals surface area (Å²) in [5.74, 6) is -0.178. The van der Waals surface area contributed by atoms with Crippen LogP contribution in [0.25, 0.3) is 0 Å². The number of ketones is 2. The van der Waals surface area contributed by atoms with Gasteiger partial charge in [-0.3, -0.25) is 9.59 Å². The van der Waals surface area contributed by atoms with E-state index in [0.717, 1.165) is 5.56 Å². The molecule has 2 aromatic rings. The lowest BCUT2D eigenvalue weighted by atomic mass is 9.64. The summed E-state index contributed by atoms with van der Waals surface area (Å²) in [5.41, 5.74) is 7.34. The van der Waals surface area contributed by atoms with Gasteiger partial charge >= 0.3 is 7.12 Å². The third-order valence-electron chi connectivity index (χ3n) is 4.22. The fraction of sp³-hybridized carbons (Fsp3) is 0.375. The quantitative estimate of drug-likeness (QED) is 0.575. The second kappa shape index (κ2) is 7.16. The summed E-state index contributed by atoms with van der Waals surface area (Å²) < 4.78 is 6.97. The molecular formula is C16H19BN4O4. The molecule has 1 atom stereocenters. The van der Waals surface area contributed by atoms with Crippen LogP contribution < -0.4 is 10.4 Å². The van der Waals surface area contributed by atoms with Crippen molar-refractivity contribution < 1.29 is 19.3 Å². The predicted octanol–water partition coefficient (Wildman–Crippen LogP) is 0.384. The molecule has 1 aliphatic heterocycles. The molecule has 130 valence electrons. The lowest BCUT2D eigenvalue weighted by Gasteiger charge is -2.28. The highest BCUT2D eigenvalue weighted by Crippen LogP contribution is 2.36. The van der Waals surface area contributed by atoms with E-state index in [1.807, 2.05) is 6.07 Å². The van der Waals surface area contributed by atoms with E-state index in [1.165, 1.54) is 11.6 Å². The Hall–Kier alpha value is -2.52.